The first-order valence-corrected chi connectivity index (χ1v) is 11.8. The van der Waals surface area contributed by atoms with E-state index in [1.165, 1.54) is 6.26 Å². The molecule has 0 aromatic rings. The average Bonchev–Trinajstić information content (AvgIpc) is 2.57. The van der Waals surface area contributed by atoms with Gasteiger partial charge in [-0.1, -0.05) is 0 Å². The molecular weight excluding hydrogens is 350 g/mol. The molecule has 0 aromatic heterocycles. The van der Waals surface area contributed by atoms with Gasteiger partial charge in [0.25, 0.3) is 0 Å². The van der Waals surface area contributed by atoms with Gasteiger partial charge in [0.2, 0.25) is 15.9 Å². The van der Waals surface area contributed by atoms with Crippen LogP contribution in [0.2, 0.25) is 0 Å². The number of carbonyl (C=O) groups is 1. The Kier molecular flexibility index (Phi) is 5.45. The van der Waals surface area contributed by atoms with Crippen molar-refractivity contribution in [2.24, 2.45) is 5.41 Å². The van der Waals surface area contributed by atoms with Gasteiger partial charge in [-0.05, 0) is 70.9 Å². The molecule has 3 rings (SSSR count). The molecule has 26 heavy (non-hydrogen) atoms. The van der Waals surface area contributed by atoms with Gasteiger partial charge in [-0.15, -0.1) is 0 Å². The Bertz CT molecular complexity index is 630. The SMILES string of the molecule is CC(=O)N1CCC(N2CCC3(CC2)CCC(C)(C)N(S(C)(=O)=O)C3)CC1. The monoisotopic (exact) mass is 385 g/mol. The first-order valence-electron chi connectivity index (χ1n) is 10.00. The van der Waals surface area contributed by atoms with E-state index in [1.807, 2.05) is 4.90 Å². The Morgan fingerprint density at radius 2 is 1.54 bits per heavy atom. The van der Waals surface area contributed by atoms with E-state index in [9.17, 15) is 13.2 Å². The summed E-state index contributed by atoms with van der Waals surface area (Å²) >= 11 is 0. The lowest BCUT2D eigenvalue weighted by atomic mass is 9.69. The normalized spacial score (nSPS) is 28.4. The zero-order valence-electron chi connectivity index (χ0n) is 16.8. The molecule has 0 aromatic carbocycles. The second-order valence-electron chi connectivity index (χ2n) is 9.36. The maximum absolute atomic E-state index is 12.3. The largest absolute Gasteiger partial charge is 0.343 e. The van der Waals surface area contributed by atoms with Gasteiger partial charge in [-0.25, -0.2) is 8.42 Å². The fourth-order valence-corrected chi connectivity index (χ4v) is 6.67. The van der Waals surface area contributed by atoms with Crippen LogP contribution in [-0.4, -0.2) is 79.0 Å². The predicted octanol–water partition coefficient (Wildman–Crippen LogP) is 1.91. The minimum Gasteiger partial charge on any atom is -0.343 e. The molecule has 7 heteroatoms. The van der Waals surface area contributed by atoms with E-state index in [4.69, 9.17) is 0 Å². The van der Waals surface area contributed by atoms with E-state index < -0.39 is 10.0 Å². The summed E-state index contributed by atoms with van der Waals surface area (Å²) in [5.74, 6) is 0.187. The summed E-state index contributed by atoms with van der Waals surface area (Å²) in [6.45, 7) is 10.3. The van der Waals surface area contributed by atoms with Gasteiger partial charge >= 0.3 is 0 Å². The fraction of sp³-hybridized carbons (Fsp3) is 0.947. The topological polar surface area (TPSA) is 60.9 Å². The van der Waals surface area contributed by atoms with E-state index in [1.54, 1.807) is 11.2 Å². The van der Waals surface area contributed by atoms with Gasteiger partial charge in [-0.3, -0.25) is 4.79 Å². The summed E-state index contributed by atoms with van der Waals surface area (Å²) < 4.78 is 26.4. The molecule has 0 aliphatic carbocycles. The van der Waals surface area contributed by atoms with E-state index in [0.29, 0.717) is 12.6 Å². The highest BCUT2D eigenvalue weighted by molar-refractivity contribution is 7.88. The van der Waals surface area contributed by atoms with Gasteiger partial charge < -0.3 is 9.80 Å². The van der Waals surface area contributed by atoms with Crippen molar-refractivity contribution in [2.75, 3.05) is 39.0 Å². The van der Waals surface area contributed by atoms with Crippen LogP contribution in [0, 0.1) is 5.41 Å². The molecule has 0 radical (unpaired) electrons. The zero-order chi connectivity index (χ0) is 19.2. The molecule has 6 nitrogen and oxygen atoms in total. The van der Waals surface area contributed by atoms with Crippen LogP contribution < -0.4 is 0 Å². The van der Waals surface area contributed by atoms with Crippen LogP contribution in [0.5, 0.6) is 0 Å². The minimum atomic E-state index is -3.17. The first kappa shape index (κ1) is 20.1. The molecular formula is C19H35N3O3S. The second-order valence-corrected chi connectivity index (χ2v) is 11.3. The quantitative estimate of drug-likeness (QED) is 0.729. The van der Waals surface area contributed by atoms with Crippen molar-refractivity contribution in [3.63, 3.8) is 0 Å². The Morgan fingerprint density at radius 3 is 2.04 bits per heavy atom. The van der Waals surface area contributed by atoms with Gasteiger partial charge in [-0.2, -0.15) is 4.31 Å². The van der Waals surface area contributed by atoms with Gasteiger partial charge in [0.1, 0.15) is 0 Å². The molecule has 0 unspecified atom stereocenters. The smallest absolute Gasteiger partial charge is 0.219 e. The Hall–Kier alpha value is -0.660. The predicted molar refractivity (Wildman–Crippen MR) is 103 cm³/mol. The number of likely N-dealkylation sites (tertiary alicyclic amines) is 2. The molecule has 3 heterocycles. The highest BCUT2D eigenvalue weighted by Gasteiger charge is 2.48. The summed E-state index contributed by atoms with van der Waals surface area (Å²) in [7, 11) is -3.17. The van der Waals surface area contributed by atoms with Crippen molar-refractivity contribution in [1.82, 2.24) is 14.1 Å². The van der Waals surface area contributed by atoms with E-state index in [-0.39, 0.29) is 16.9 Å². The number of nitrogens with zero attached hydrogens (tertiary/aromatic N) is 3. The van der Waals surface area contributed by atoms with Crippen molar-refractivity contribution in [1.29, 1.82) is 0 Å². The molecule has 150 valence electrons. The number of amides is 1. The lowest BCUT2D eigenvalue weighted by Gasteiger charge is -2.53. The molecule has 0 bridgehead atoms. The molecule has 3 aliphatic heterocycles. The Balaban J connectivity index is 1.59. The number of carbonyl (C=O) groups excluding carboxylic acids is 1. The van der Waals surface area contributed by atoms with Gasteiger partial charge in [0.15, 0.2) is 0 Å². The molecule has 3 saturated heterocycles. The molecule has 0 N–H and O–H groups in total. The summed E-state index contributed by atoms with van der Waals surface area (Å²) in [6, 6.07) is 0.578. The minimum absolute atomic E-state index is 0.148. The van der Waals surface area contributed by atoms with Crippen molar-refractivity contribution in [2.45, 2.75) is 70.9 Å². The fourth-order valence-electron chi connectivity index (χ4n) is 5.18. The van der Waals surface area contributed by atoms with Crippen molar-refractivity contribution >= 4 is 15.9 Å². The lowest BCUT2D eigenvalue weighted by molar-refractivity contribution is -0.130. The highest BCUT2D eigenvalue weighted by Crippen LogP contribution is 2.46. The second kappa shape index (κ2) is 7.06. The number of sulfonamides is 1. The average molecular weight is 386 g/mol. The van der Waals surface area contributed by atoms with Crippen LogP contribution in [0.4, 0.5) is 0 Å². The van der Waals surface area contributed by atoms with Crippen molar-refractivity contribution in [3.05, 3.63) is 0 Å². The van der Waals surface area contributed by atoms with Gasteiger partial charge in [0.05, 0.1) is 6.26 Å². The van der Waals surface area contributed by atoms with Gasteiger partial charge in [0, 0.05) is 38.1 Å². The third kappa shape index (κ3) is 4.09. The van der Waals surface area contributed by atoms with E-state index in [0.717, 1.165) is 64.7 Å². The molecule has 1 spiro atoms. The maximum Gasteiger partial charge on any atom is 0.219 e. The van der Waals surface area contributed by atoms with Crippen LogP contribution in [0.15, 0.2) is 0 Å². The van der Waals surface area contributed by atoms with Crippen molar-refractivity contribution in [3.8, 4) is 0 Å². The third-order valence-electron chi connectivity index (χ3n) is 7.11. The summed E-state index contributed by atoms with van der Waals surface area (Å²) in [5.41, 5.74) is -0.120. The summed E-state index contributed by atoms with van der Waals surface area (Å²) in [4.78, 5) is 16.1. The Labute approximate surface area is 158 Å². The first-order chi connectivity index (χ1) is 12.0. The third-order valence-corrected chi connectivity index (χ3v) is 8.53. The van der Waals surface area contributed by atoms with Crippen LogP contribution in [0.1, 0.15) is 59.3 Å². The van der Waals surface area contributed by atoms with Crippen molar-refractivity contribution < 1.29 is 13.2 Å². The number of rotatable bonds is 2. The Morgan fingerprint density at radius 1 is 0.962 bits per heavy atom. The number of hydrogen-bond acceptors (Lipinski definition) is 4. The zero-order valence-corrected chi connectivity index (χ0v) is 17.6. The lowest BCUT2D eigenvalue weighted by Crippen LogP contribution is -2.59. The molecule has 1 amide bonds. The number of piperidine rings is 3. The van der Waals surface area contributed by atoms with Crippen LogP contribution in [-0.2, 0) is 14.8 Å². The van der Waals surface area contributed by atoms with Crippen LogP contribution in [0.25, 0.3) is 0 Å². The highest BCUT2D eigenvalue weighted by atomic mass is 32.2. The van der Waals surface area contributed by atoms with Crippen LogP contribution in [0.3, 0.4) is 0 Å². The summed E-state index contributed by atoms with van der Waals surface area (Å²) in [6.07, 6.45) is 7.72. The van der Waals surface area contributed by atoms with Crippen LogP contribution >= 0.6 is 0 Å². The molecule has 3 aliphatic rings. The molecule has 0 atom stereocenters. The van der Waals surface area contributed by atoms with E-state index >= 15 is 0 Å². The summed E-state index contributed by atoms with van der Waals surface area (Å²) in [5, 5.41) is 0. The number of hydrogen-bond donors (Lipinski definition) is 0. The standard InChI is InChI=1S/C19H35N3O3S/c1-16(23)20-11-5-17(6-12-20)21-13-9-19(10-14-21)8-7-18(2,3)22(15-19)26(4,24)25/h17H,5-15H2,1-4H3. The maximum atomic E-state index is 12.3. The molecule has 3 fully saturated rings. The van der Waals surface area contributed by atoms with E-state index in [2.05, 4.69) is 18.7 Å². The molecule has 0 saturated carbocycles.